The predicted octanol–water partition coefficient (Wildman–Crippen LogP) is 2.98. The molecule has 0 spiro atoms. The fourth-order valence-corrected chi connectivity index (χ4v) is 3.43. The summed E-state index contributed by atoms with van der Waals surface area (Å²) in [5.74, 6) is -1.21. The lowest BCUT2D eigenvalue weighted by Crippen LogP contribution is -2.46. The lowest BCUT2D eigenvalue weighted by Gasteiger charge is -2.32. The fraction of sp³-hybridized carbons (Fsp3) is 0.429. The number of aliphatic hydroxyl groups excluding tert-OH is 1. The molecule has 0 bridgehead atoms. The molecule has 2 heterocycles. The fourth-order valence-electron chi connectivity index (χ4n) is 3.43. The first-order chi connectivity index (χ1) is 15.7. The molecular weight excluding hydrogens is 441 g/mol. The molecule has 0 radical (unpaired) electrons. The first kappa shape index (κ1) is 24.2. The highest BCUT2D eigenvalue weighted by Gasteiger charge is 2.36. The molecule has 0 saturated carbocycles. The van der Waals surface area contributed by atoms with Gasteiger partial charge in [-0.05, 0) is 25.0 Å². The van der Waals surface area contributed by atoms with Gasteiger partial charge in [-0.2, -0.15) is 18.2 Å². The molecular formula is C21H25F3N6O3. The number of hydrogen-bond acceptors (Lipinski definition) is 7. The van der Waals surface area contributed by atoms with Crippen LogP contribution in [0.2, 0.25) is 0 Å². The third-order valence-corrected chi connectivity index (χ3v) is 5.11. The molecule has 4 N–H and O–H groups in total. The quantitative estimate of drug-likeness (QED) is 0.495. The third-order valence-electron chi connectivity index (χ3n) is 5.11. The maximum Gasteiger partial charge on any atom is 0.421 e. The van der Waals surface area contributed by atoms with E-state index < -0.39 is 30.1 Å². The molecule has 1 atom stereocenters. The van der Waals surface area contributed by atoms with Crippen molar-refractivity contribution in [1.29, 1.82) is 0 Å². The van der Waals surface area contributed by atoms with Gasteiger partial charge >= 0.3 is 6.18 Å². The number of alkyl halides is 3. The summed E-state index contributed by atoms with van der Waals surface area (Å²) in [6, 6.07) is 6.08. The van der Waals surface area contributed by atoms with Crippen LogP contribution in [0.15, 0.2) is 30.5 Å². The second-order valence-electron chi connectivity index (χ2n) is 7.51. The summed E-state index contributed by atoms with van der Waals surface area (Å²) in [7, 11) is 0. The van der Waals surface area contributed by atoms with Gasteiger partial charge in [0.15, 0.2) is 0 Å². The zero-order chi connectivity index (χ0) is 24.0. The molecule has 1 saturated heterocycles. The van der Waals surface area contributed by atoms with Gasteiger partial charge in [-0.15, -0.1) is 0 Å². The van der Waals surface area contributed by atoms with E-state index in [0.717, 1.165) is 0 Å². The van der Waals surface area contributed by atoms with E-state index >= 15 is 0 Å². The maximum absolute atomic E-state index is 13.6. The van der Waals surface area contributed by atoms with Gasteiger partial charge in [-0.25, -0.2) is 4.98 Å². The summed E-state index contributed by atoms with van der Waals surface area (Å²) in [5, 5.41) is 17.3. The van der Waals surface area contributed by atoms with Crippen molar-refractivity contribution in [3.63, 3.8) is 0 Å². The molecule has 9 nitrogen and oxygen atoms in total. The average Bonchev–Trinajstić information content (AvgIpc) is 2.79. The van der Waals surface area contributed by atoms with Gasteiger partial charge in [0.1, 0.15) is 18.0 Å². The monoisotopic (exact) mass is 466 g/mol. The second kappa shape index (κ2) is 10.5. The summed E-state index contributed by atoms with van der Waals surface area (Å²) < 4.78 is 40.8. The minimum absolute atomic E-state index is 0.0381. The summed E-state index contributed by atoms with van der Waals surface area (Å²) in [6.45, 7) is 1.83. The molecule has 2 amide bonds. The van der Waals surface area contributed by atoms with Crippen LogP contribution in [0.4, 0.5) is 36.3 Å². The number of amides is 2. The molecule has 3 rings (SSSR count). The molecule has 0 aliphatic carbocycles. The van der Waals surface area contributed by atoms with Gasteiger partial charge in [0.2, 0.25) is 17.8 Å². The lowest BCUT2D eigenvalue weighted by molar-refractivity contribution is -0.137. The first-order valence-electron chi connectivity index (χ1n) is 10.5. The van der Waals surface area contributed by atoms with E-state index in [0.29, 0.717) is 31.3 Å². The number of para-hydroxylation sites is 2. The Bertz CT molecular complexity index is 1000. The molecule has 12 heteroatoms. The number of rotatable bonds is 7. The Morgan fingerprint density at radius 3 is 2.64 bits per heavy atom. The van der Waals surface area contributed by atoms with Gasteiger partial charge in [0.25, 0.3) is 0 Å². The van der Waals surface area contributed by atoms with Crippen LogP contribution in [0.25, 0.3) is 0 Å². The molecule has 2 aromatic rings. The molecule has 1 aliphatic heterocycles. The maximum atomic E-state index is 13.6. The predicted molar refractivity (Wildman–Crippen MR) is 116 cm³/mol. The van der Waals surface area contributed by atoms with Crippen LogP contribution in [0.3, 0.4) is 0 Å². The van der Waals surface area contributed by atoms with Gasteiger partial charge < -0.3 is 26.0 Å². The minimum atomic E-state index is -4.71. The third kappa shape index (κ3) is 6.31. The first-order valence-corrected chi connectivity index (χ1v) is 10.5. The van der Waals surface area contributed by atoms with Crippen molar-refractivity contribution in [2.45, 2.75) is 38.4 Å². The van der Waals surface area contributed by atoms with Crippen molar-refractivity contribution in [3.8, 4) is 0 Å². The Morgan fingerprint density at radius 2 is 1.97 bits per heavy atom. The van der Waals surface area contributed by atoms with Crippen LogP contribution in [0.1, 0.15) is 31.7 Å². The minimum Gasteiger partial charge on any atom is -0.387 e. The van der Waals surface area contributed by atoms with Crippen LogP contribution in [0.5, 0.6) is 0 Å². The highest BCUT2D eigenvalue weighted by Crippen LogP contribution is 2.36. The summed E-state index contributed by atoms with van der Waals surface area (Å²) in [6.07, 6.45) is -2.49. The molecule has 1 aromatic heterocycles. The number of anilines is 4. The smallest absolute Gasteiger partial charge is 0.387 e. The Hall–Kier alpha value is -3.41. The number of nitrogens with zero attached hydrogens (tertiary/aromatic N) is 3. The SMILES string of the molecule is CCC(=O)Nc1ccccc1Nc1nc(NC2CCCN(C(=O)CO)C2)ncc1C(F)(F)F. The second-order valence-corrected chi connectivity index (χ2v) is 7.51. The van der Waals surface area contributed by atoms with Gasteiger partial charge in [0.05, 0.1) is 11.4 Å². The molecule has 1 fully saturated rings. The summed E-state index contributed by atoms with van der Waals surface area (Å²) in [5.41, 5.74) is -0.506. The van der Waals surface area contributed by atoms with Crippen LogP contribution >= 0.6 is 0 Å². The average molecular weight is 466 g/mol. The number of benzene rings is 1. The van der Waals surface area contributed by atoms with Crippen LogP contribution in [-0.4, -0.2) is 57.5 Å². The van der Waals surface area contributed by atoms with E-state index in [9.17, 15) is 22.8 Å². The zero-order valence-corrected chi connectivity index (χ0v) is 17.9. The number of piperidine rings is 1. The standard InChI is InChI=1S/C21H25F3N6O3/c1-2-17(32)27-15-7-3-4-8-16(15)28-19-14(21(22,23)24)10-25-20(29-19)26-13-6-5-9-30(11-13)18(33)12-31/h3-4,7-8,10,13,31H,2,5-6,9,11-12H2,1H3,(H,27,32)(H2,25,26,28,29). The van der Waals surface area contributed by atoms with E-state index in [4.69, 9.17) is 5.11 Å². The van der Waals surface area contributed by atoms with E-state index in [2.05, 4.69) is 25.9 Å². The number of carbonyl (C=O) groups excluding carboxylic acids is 2. The highest BCUT2D eigenvalue weighted by atomic mass is 19.4. The lowest BCUT2D eigenvalue weighted by atomic mass is 10.1. The summed E-state index contributed by atoms with van der Waals surface area (Å²) in [4.78, 5) is 32.9. The Labute approximate surface area is 188 Å². The van der Waals surface area contributed by atoms with E-state index in [1.54, 1.807) is 25.1 Å². The highest BCUT2D eigenvalue weighted by molar-refractivity contribution is 5.94. The van der Waals surface area contributed by atoms with E-state index in [1.165, 1.54) is 11.0 Å². The van der Waals surface area contributed by atoms with Crippen molar-refractivity contribution in [1.82, 2.24) is 14.9 Å². The number of aliphatic hydroxyl groups is 1. The van der Waals surface area contributed by atoms with E-state index in [1.807, 2.05) is 0 Å². The molecule has 33 heavy (non-hydrogen) atoms. The molecule has 1 aromatic carbocycles. The van der Waals surface area contributed by atoms with E-state index in [-0.39, 0.29) is 36.6 Å². The van der Waals surface area contributed by atoms with Crippen molar-refractivity contribution in [3.05, 3.63) is 36.0 Å². The van der Waals surface area contributed by atoms with Crippen molar-refractivity contribution in [2.75, 3.05) is 35.6 Å². The largest absolute Gasteiger partial charge is 0.421 e. The number of carbonyl (C=O) groups is 2. The van der Waals surface area contributed by atoms with Crippen molar-refractivity contribution < 1.29 is 27.9 Å². The topological polar surface area (TPSA) is 119 Å². The van der Waals surface area contributed by atoms with Crippen LogP contribution in [-0.2, 0) is 15.8 Å². The van der Waals surface area contributed by atoms with Gasteiger partial charge in [0, 0.05) is 31.7 Å². The summed E-state index contributed by atoms with van der Waals surface area (Å²) >= 11 is 0. The molecule has 1 aliphatic rings. The Kier molecular flexibility index (Phi) is 7.69. The van der Waals surface area contributed by atoms with Gasteiger partial charge in [-0.3, -0.25) is 9.59 Å². The van der Waals surface area contributed by atoms with Crippen LogP contribution in [0, 0.1) is 0 Å². The zero-order valence-electron chi connectivity index (χ0n) is 17.9. The normalized spacial score (nSPS) is 16.3. The Morgan fingerprint density at radius 1 is 1.24 bits per heavy atom. The van der Waals surface area contributed by atoms with Crippen LogP contribution < -0.4 is 16.0 Å². The number of nitrogens with one attached hydrogen (secondary N) is 3. The number of likely N-dealkylation sites (tertiary alicyclic amines) is 1. The molecule has 1 unspecified atom stereocenters. The Balaban J connectivity index is 1.86. The van der Waals surface area contributed by atoms with Gasteiger partial charge in [-0.1, -0.05) is 19.1 Å². The number of aromatic nitrogens is 2. The van der Waals surface area contributed by atoms with Crippen molar-refractivity contribution in [2.24, 2.45) is 0 Å². The number of halogens is 3. The number of hydrogen-bond donors (Lipinski definition) is 4. The molecule has 178 valence electrons. The van der Waals surface area contributed by atoms with Crippen molar-refractivity contribution >= 4 is 35.0 Å².